The van der Waals surface area contributed by atoms with Gasteiger partial charge in [0, 0.05) is 25.0 Å². The zero-order valence-electron chi connectivity index (χ0n) is 14.2. The Kier molecular flexibility index (Phi) is 6.14. The number of nitrogens with zero attached hydrogens (tertiary/aromatic N) is 2. The van der Waals surface area contributed by atoms with Crippen molar-refractivity contribution in [2.24, 2.45) is 0 Å². The SMILES string of the molecule is CC1CN(C(=O)/C(C#N)=C\Nc2ccc(CC(=O)O)cc2)CC(C)O1. The van der Waals surface area contributed by atoms with Crippen molar-refractivity contribution in [3.05, 3.63) is 41.6 Å². The van der Waals surface area contributed by atoms with Crippen LogP contribution in [0.15, 0.2) is 36.0 Å². The van der Waals surface area contributed by atoms with Gasteiger partial charge in [-0.3, -0.25) is 9.59 Å². The van der Waals surface area contributed by atoms with Gasteiger partial charge in [-0.2, -0.15) is 5.26 Å². The van der Waals surface area contributed by atoms with E-state index >= 15 is 0 Å². The van der Waals surface area contributed by atoms with E-state index in [1.807, 2.05) is 19.9 Å². The first kappa shape index (κ1) is 18.5. The van der Waals surface area contributed by atoms with E-state index in [-0.39, 0.29) is 30.1 Å². The Morgan fingerprint density at radius 3 is 2.44 bits per heavy atom. The quantitative estimate of drug-likeness (QED) is 0.624. The molecule has 1 heterocycles. The van der Waals surface area contributed by atoms with Crippen molar-refractivity contribution < 1.29 is 19.4 Å². The molecular formula is C18H21N3O4. The van der Waals surface area contributed by atoms with E-state index in [0.717, 1.165) is 0 Å². The number of amides is 1. The lowest BCUT2D eigenvalue weighted by molar-refractivity contribution is -0.138. The lowest BCUT2D eigenvalue weighted by atomic mass is 10.1. The van der Waals surface area contributed by atoms with Crippen molar-refractivity contribution >= 4 is 17.6 Å². The van der Waals surface area contributed by atoms with Crippen LogP contribution >= 0.6 is 0 Å². The molecule has 0 aliphatic carbocycles. The predicted octanol–water partition coefficient (Wildman–Crippen LogP) is 1.77. The van der Waals surface area contributed by atoms with Crippen LogP contribution in [0.25, 0.3) is 0 Å². The normalized spacial score (nSPS) is 20.7. The number of carboxylic acid groups (broad SMARTS) is 1. The minimum absolute atomic E-state index is 0.0101. The number of nitrogens with one attached hydrogen (secondary N) is 1. The molecule has 1 amide bonds. The molecule has 1 aromatic carbocycles. The highest BCUT2D eigenvalue weighted by Gasteiger charge is 2.27. The minimum atomic E-state index is -0.896. The summed E-state index contributed by atoms with van der Waals surface area (Å²) < 4.78 is 5.59. The number of carboxylic acids is 1. The summed E-state index contributed by atoms with van der Waals surface area (Å²) in [5.74, 6) is -1.23. The van der Waals surface area contributed by atoms with Crippen LogP contribution in [0.2, 0.25) is 0 Å². The summed E-state index contributed by atoms with van der Waals surface area (Å²) in [5, 5.41) is 20.9. The van der Waals surface area contributed by atoms with Crippen LogP contribution in [0, 0.1) is 11.3 Å². The number of morpholine rings is 1. The van der Waals surface area contributed by atoms with Crippen LogP contribution < -0.4 is 5.32 Å². The number of anilines is 1. The van der Waals surface area contributed by atoms with Gasteiger partial charge in [-0.15, -0.1) is 0 Å². The lowest BCUT2D eigenvalue weighted by Gasteiger charge is -2.35. The van der Waals surface area contributed by atoms with Gasteiger partial charge in [0.2, 0.25) is 0 Å². The van der Waals surface area contributed by atoms with E-state index < -0.39 is 5.97 Å². The highest BCUT2D eigenvalue weighted by atomic mass is 16.5. The second-order valence-electron chi connectivity index (χ2n) is 6.05. The van der Waals surface area contributed by atoms with Gasteiger partial charge in [-0.1, -0.05) is 12.1 Å². The van der Waals surface area contributed by atoms with Crippen molar-refractivity contribution in [2.75, 3.05) is 18.4 Å². The zero-order chi connectivity index (χ0) is 18.4. The average molecular weight is 343 g/mol. The Morgan fingerprint density at radius 2 is 1.92 bits per heavy atom. The van der Waals surface area contributed by atoms with Crippen LogP contribution in [-0.4, -0.2) is 47.2 Å². The fraction of sp³-hybridized carbons (Fsp3) is 0.389. The van der Waals surface area contributed by atoms with Gasteiger partial charge in [0.05, 0.1) is 18.6 Å². The Balaban J connectivity index is 2.03. The molecule has 1 aliphatic rings. The van der Waals surface area contributed by atoms with Gasteiger partial charge in [0.25, 0.3) is 5.91 Å². The predicted molar refractivity (Wildman–Crippen MR) is 91.7 cm³/mol. The molecule has 25 heavy (non-hydrogen) atoms. The monoisotopic (exact) mass is 343 g/mol. The summed E-state index contributed by atoms with van der Waals surface area (Å²) in [5.41, 5.74) is 1.35. The third-order valence-corrected chi connectivity index (χ3v) is 3.75. The van der Waals surface area contributed by atoms with Crippen LogP contribution in [0.3, 0.4) is 0 Å². The largest absolute Gasteiger partial charge is 0.481 e. The van der Waals surface area contributed by atoms with Gasteiger partial charge in [-0.25, -0.2) is 0 Å². The first-order chi connectivity index (χ1) is 11.9. The first-order valence-corrected chi connectivity index (χ1v) is 8.01. The highest BCUT2D eigenvalue weighted by molar-refractivity contribution is 5.97. The minimum Gasteiger partial charge on any atom is -0.481 e. The molecule has 132 valence electrons. The number of benzene rings is 1. The number of rotatable bonds is 5. The number of nitriles is 1. The van der Waals surface area contributed by atoms with Crippen molar-refractivity contribution in [3.8, 4) is 6.07 Å². The molecule has 7 nitrogen and oxygen atoms in total. The molecule has 0 bridgehead atoms. The smallest absolute Gasteiger partial charge is 0.307 e. The van der Waals surface area contributed by atoms with E-state index in [0.29, 0.717) is 24.3 Å². The summed E-state index contributed by atoms with van der Waals surface area (Å²) in [6.07, 6.45) is 1.19. The fourth-order valence-electron chi connectivity index (χ4n) is 2.70. The molecule has 0 spiro atoms. The molecule has 0 saturated carbocycles. The van der Waals surface area contributed by atoms with E-state index in [9.17, 15) is 14.9 Å². The summed E-state index contributed by atoms with van der Waals surface area (Å²) >= 11 is 0. The van der Waals surface area contributed by atoms with Gasteiger partial charge in [-0.05, 0) is 31.5 Å². The molecule has 1 saturated heterocycles. The molecule has 1 fully saturated rings. The van der Waals surface area contributed by atoms with Gasteiger partial charge in [0.1, 0.15) is 11.6 Å². The second-order valence-corrected chi connectivity index (χ2v) is 6.05. The molecule has 2 unspecified atom stereocenters. The van der Waals surface area contributed by atoms with Crippen LogP contribution in [0.4, 0.5) is 5.69 Å². The third kappa shape index (κ3) is 5.33. The van der Waals surface area contributed by atoms with Crippen molar-refractivity contribution in [3.63, 3.8) is 0 Å². The first-order valence-electron chi connectivity index (χ1n) is 8.01. The summed E-state index contributed by atoms with van der Waals surface area (Å²) in [4.78, 5) is 24.8. The lowest BCUT2D eigenvalue weighted by Crippen LogP contribution is -2.48. The van der Waals surface area contributed by atoms with Crippen LogP contribution in [-0.2, 0) is 20.7 Å². The third-order valence-electron chi connectivity index (χ3n) is 3.75. The van der Waals surface area contributed by atoms with E-state index in [1.54, 1.807) is 29.2 Å². The summed E-state index contributed by atoms with van der Waals surface area (Å²) in [6.45, 7) is 4.68. The number of ether oxygens (including phenoxy) is 1. The van der Waals surface area contributed by atoms with Crippen LogP contribution in [0.5, 0.6) is 0 Å². The van der Waals surface area contributed by atoms with Crippen molar-refractivity contribution in [2.45, 2.75) is 32.5 Å². The number of aliphatic carboxylic acids is 1. The Labute approximate surface area is 146 Å². The number of hydrogen-bond acceptors (Lipinski definition) is 5. The maximum absolute atomic E-state index is 12.5. The van der Waals surface area contributed by atoms with E-state index in [2.05, 4.69) is 5.32 Å². The maximum atomic E-state index is 12.5. The van der Waals surface area contributed by atoms with Gasteiger partial charge < -0.3 is 20.1 Å². The molecule has 2 atom stereocenters. The standard InChI is InChI=1S/C18H21N3O4/c1-12-10-21(11-13(2)25-12)18(24)15(8-19)9-20-16-5-3-14(4-6-16)7-17(22)23/h3-6,9,12-13,20H,7,10-11H2,1-2H3,(H,22,23)/b15-9-. The number of carbonyl (C=O) groups is 2. The molecular weight excluding hydrogens is 322 g/mol. The summed E-state index contributed by atoms with van der Waals surface area (Å²) in [6, 6.07) is 8.70. The summed E-state index contributed by atoms with van der Waals surface area (Å²) in [7, 11) is 0. The molecule has 1 aromatic rings. The van der Waals surface area contributed by atoms with Crippen LogP contribution in [0.1, 0.15) is 19.4 Å². The Bertz CT molecular complexity index is 696. The molecule has 1 aliphatic heterocycles. The molecule has 0 radical (unpaired) electrons. The van der Waals surface area contributed by atoms with E-state index in [1.165, 1.54) is 6.20 Å². The fourth-order valence-corrected chi connectivity index (χ4v) is 2.70. The van der Waals surface area contributed by atoms with Gasteiger partial charge in [0.15, 0.2) is 0 Å². The Hall–Kier alpha value is -2.85. The van der Waals surface area contributed by atoms with Crippen molar-refractivity contribution in [1.82, 2.24) is 4.90 Å². The highest BCUT2D eigenvalue weighted by Crippen LogP contribution is 2.15. The average Bonchev–Trinajstić information content (AvgIpc) is 2.55. The Morgan fingerprint density at radius 1 is 1.32 bits per heavy atom. The zero-order valence-corrected chi connectivity index (χ0v) is 14.2. The number of carbonyl (C=O) groups excluding carboxylic acids is 1. The molecule has 2 N–H and O–H groups in total. The van der Waals surface area contributed by atoms with Crippen molar-refractivity contribution in [1.29, 1.82) is 5.26 Å². The molecule has 0 aromatic heterocycles. The van der Waals surface area contributed by atoms with Gasteiger partial charge >= 0.3 is 5.97 Å². The maximum Gasteiger partial charge on any atom is 0.307 e. The van der Waals surface area contributed by atoms with E-state index in [4.69, 9.17) is 9.84 Å². The topological polar surface area (TPSA) is 103 Å². The number of hydrogen-bond donors (Lipinski definition) is 2. The second kappa shape index (κ2) is 8.31. The molecule has 7 heteroatoms. The molecule has 2 rings (SSSR count).